The molecular formula is C18H28N4O6S. The summed E-state index contributed by atoms with van der Waals surface area (Å²) in [5.74, 6) is -0.0978. The Morgan fingerprint density at radius 2 is 2.03 bits per heavy atom. The van der Waals surface area contributed by atoms with Gasteiger partial charge in [-0.1, -0.05) is 0 Å². The van der Waals surface area contributed by atoms with E-state index in [-0.39, 0.29) is 36.0 Å². The lowest BCUT2D eigenvalue weighted by Gasteiger charge is -2.45. The van der Waals surface area contributed by atoms with Crippen molar-refractivity contribution in [2.24, 2.45) is 0 Å². The minimum atomic E-state index is -3.59. The summed E-state index contributed by atoms with van der Waals surface area (Å²) in [7, 11) is -3.59. The average molecular weight is 429 g/mol. The minimum Gasteiger partial charge on any atom is -0.486 e. The quantitative estimate of drug-likeness (QED) is 0.657. The predicted molar refractivity (Wildman–Crippen MR) is 106 cm³/mol. The molecule has 0 bridgehead atoms. The van der Waals surface area contributed by atoms with Crippen molar-refractivity contribution in [1.29, 1.82) is 0 Å². The van der Waals surface area contributed by atoms with Crippen LogP contribution in [0.1, 0.15) is 44.0 Å². The Morgan fingerprint density at radius 1 is 1.34 bits per heavy atom. The van der Waals surface area contributed by atoms with E-state index in [1.165, 1.54) is 13.8 Å². The van der Waals surface area contributed by atoms with Gasteiger partial charge in [-0.15, -0.1) is 0 Å². The summed E-state index contributed by atoms with van der Waals surface area (Å²) in [4.78, 5) is 23.4. The van der Waals surface area contributed by atoms with Gasteiger partial charge in [-0.2, -0.15) is 0 Å². The number of aliphatic hydroxyl groups excluding tert-OH is 1. The molecule has 3 heterocycles. The van der Waals surface area contributed by atoms with Gasteiger partial charge in [0, 0.05) is 12.3 Å². The Hall–Kier alpha value is -1.98. The van der Waals surface area contributed by atoms with Crippen LogP contribution < -0.4 is 15.0 Å². The number of hydrogen-bond donors (Lipinski definition) is 2. The fourth-order valence-electron chi connectivity index (χ4n) is 3.35. The molecule has 2 aliphatic heterocycles. The van der Waals surface area contributed by atoms with E-state index in [0.717, 1.165) is 6.26 Å². The van der Waals surface area contributed by atoms with E-state index in [9.17, 15) is 18.3 Å². The Kier molecular flexibility index (Phi) is 5.76. The SMILES string of the molecule is CC(CO)NC(=O)c1nc2c(c(C(C)(C)S(C)(=O)=O)n1)OCC1COC[C@@H](C)N21. The number of carbonyl (C=O) groups is 1. The Bertz CT molecular complexity index is 904. The van der Waals surface area contributed by atoms with Crippen LogP contribution in [-0.2, 0) is 19.3 Å². The molecular weight excluding hydrogens is 400 g/mol. The number of rotatable bonds is 5. The van der Waals surface area contributed by atoms with Crippen molar-refractivity contribution in [2.45, 2.75) is 50.6 Å². The average Bonchev–Trinajstić information content (AvgIpc) is 2.65. The molecule has 11 heteroatoms. The third-order valence-corrected chi connectivity index (χ3v) is 7.45. The molecule has 1 saturated heterocycles. The van der Waals surface area contributed by atoms with E-state index < -0.39 is 26.5 Å². The lowest BCUT2D eigenvalue weighted by molar-refractivity contribution is 0.0481. The highest BCUT2D eigenvalue weighted by Crippen LogP contribution is 2.43. The maximum atomic E-state index is 12.7. The van der Waals surface area contributed by atoms with Gasteiger partial charge in [-0.3, -0.25) is 4.79 Å². The van der Waals surface area contributed by atoms with Crippen molar-refractivity contribution in [3.05, 3.63) is 11.5 Å². The van der Waals surface area contributed by atoms with Crippen LogP contribution >= 0.6 is 0 Å². The molecule has 0 saturated carbocycles. The van der Waals surface area contributed by atoms with E-state index in [4.69, 9.17) is 9.47 Å². The van der Waals surface area contributed by atoms with Gasteiger partial charge in [0.05, 0.1) is 31.9 Å². The van der Waals surface area contributed by atoms with Crippen molar-refractivity contribution < 1.29 is 27.8 Å². The zero-order chi connectivity index (χ0) is 21.6. The second kappa shape index (κ2) is 7.69. The molecule has 0 radical (unpaired) electrons. The summed E-state index contributed by atoms with van der Waals surface area (Å²) in [5, 5.41) is 11.8. The van der Waals surface area contributed by atoms with Gasteiger partial charge in [0.1, 0.15) is 17.0 Å². The molecule has 1 aromatic heterocycles. The first-order valence-electron chi connectivity index (χ1n) is 9.50. The summed E-state index contributed by atoms with van der Waals surface area (Å²) in [6, 6.07) is -0.629. The van der Waals surface area contributed by atoms with Gasteiger partial charge in [0.15, 0.2) is 21.4 Å². The lowest BCUT2D eigenvalue weighted by atomic mass is 10.0. The second-order valence-electron chi connectivity index (χ2n) is 8.15. The van der Waals surface area contributed by atoms with Gasteiger partial charge in [0.2, 0.25) is 5.82 Å². The number of hydrogen-bond acceptors (Lipinski definition) is 9. The molecule has 2 unspecified atom stereocenters. The van der Waals surface area contributed by atoms with Crippen LogP contribution in [0.4, 0.5) is 5.82 Å². The van der Waals surface area contributed by atoms with Crippen molar-refractivity contribution in [1.82, 2.24) is 15.3 Å². The van der Waals surface area contributed by atoms with Gasteiger partial charge in [-0.25, -0.2) is 18.4 Å². The number of nitrogens with zero attached hydrogens (tertiary/aromatic N) is 3. The monoisotopic (exact) mass is 428 g/mol. The topological polar surface area (TPSA) is 131 Å². The third-order valence-electron chi connectivity index (χ3n) is 5.40. The molecule has 3 rings (SSSR count). The molecule has 29 heavy (non-hydrogen) atoms. The minimum absolute atomic E-state index is 0.0345. The largest absolute Gasteiger partial charge is 0.486 e. The Morgan fingerprint density at radius 3 is 2.66 bits per heavy atom. The zero-order valence-electron chi connectivity index (χ0n) is 17.3. The standard InChI is InChI=1S/C18H28N4O6S/c1-10(6-23)19-17(24)15-20-14(18(3,4)29(5,25)26)13-16(21-15)22-11(2)7-27-8-12(22)9-28-13/h10-12,23H,6-9H2,1-5H3,(H,19,24)/t10?,11-,12?/m1/s1. The molecule has 162 valence electrons. The van der Waals surface area contributed by atoms with Gasteiger partial charge >= 0.3 is 0 Å². The smallest absolute Gasteiger partial charge is 0.289 e. The lowest BCUT2D eigenvalue weighted by Crippen LogP contribution is -2.56. The van der Waals surface area contributed by atoms with Gasteiger partial charge in [0.25, 0.3) is 5.91 Å². The highest BCUT2D eigenvalue weighted by Gasteiger charge is 2.44. The number of anilines is 1. The molecule has 0 aliphatic carbocycles. The number of nitrogens with one attached hydrogen (secondary N) is 1. The first kappa shape index (κ1) is 21.7. The van der Waals surface area contributed by atoms with Crippen LogP contribution in [0.15, 0.2) is 0 Å². The van der Waals surface area contributed by atoms with Crippen molar-refractivity contribution in [3.63, 3.8) is 0 Å². The Balaban J connectivity index is 2.19. The first-order chi connectivity index (χ1) is 13.5. The van der Waals surface area contributed by atoms with Crippen molar-refractivity contribution >= 4 is 21.6 Å². The molecule has 0 spiro atoms. The fraction of sp³-hybridized carbons (Fsp3) is 0.722. The fourth-order valence-corrected chi connectivity index (χ4v) is 3.84. The highest BCUT2D eigenvalue weighted by molar-refractivity contribution is 7.91. The first-order valence-corrected chi connectivity index (χ1v) is 11.4. The predicted octanol–water partition coefficient (Wildman–Crippen LogP) is -0.147. The summed E-state index contributed by atoms with van der Waals surface area (Å²) >= 11 is 0. The van der Waals surface area contributed by atoms with Crippen LogP contribution in [0.3, 0.4) is 0 Å². The van der Waals surface area contributed by atoms with Crippen molar-refractivity contribution in [3.8, 4) is 5.75 Å². The maximum Gasteiger partial charge on any atom is 0.289 e. The van der Waals surface area contributed by atoms with Crippen LogP contribution in [0.25, 0.3) is 0 Å². The molecule has 0 aromatic carbocycles. The number of sulfone groups is 1. The van der Waals surface area contributed by atoms with E-state index in [0.29, 0.717) is 25.6 Å². The molecule has 1 fully saturated rings. The molecule has 2 aliphatic rings. The summed E-state index contributed by atoms with van der Waals surface area (Å²) in [6.07, 6.45) is 1.12. The number of morpholine rings is 1. The van der Waals surface area contributed by atoms with E-state index in [2.05, 4.69) is 15.3 Å². The molecule has 1 amide bonds. The molecule has 1 aromatic rings. The van der Waals surface area contributed by atoms with Crippen LogP contribution in [0, 0.1) is 0 Å². The van der Waals surface area contributed by atoms with Crippen molar-refractivity contribution in [2.75, 3.05) is 37.6 Å². The van der Waals surface area contributed by atoms with Gasteiger partial charge in [-0.05, 0) is 27.7 Å². The summed E-state index contributed by atoms with van der Waals surface area (Å²) in [6.45, 7) is 7.65. The van der Waals surface area contributed by atoms with Crippen LogP contribution in [-0.4, -0.2) is 80.2 Å². The summed E-state index contributed by atoms with van der Waals surface area (Å²) < 4.78 is 35.1. The van der Waals surface area contributed by atoms with E-state index in [1.807, 2.05) is 11.8 Å². The van der Waals surface area contributed by atoms with Crippen LogP contribution in [0.2, 0.25) is 0 Å². The number of amides is 1. The number of ether oxygens (including phenoxy) is 2. The second-order valence-corrected chi connectivity index (χ2v) is 10.7. The van der Waals surface area contributed by atoms with E-state index >= 15 is 0 Å². The summed E-state index contributed by atoms with van der Waals surface area (Å²) in [5.41, 5.74) is 0.143. The highest BCUT2D eigenvalue weighted by atomic mass is 32.2. The Labute approximate surface area is 170 Å². The van der Waals surface area contributed by atoms with Gasteiger partial charge < -0.3 is 24.8 Å². The zero-order valence-corrected chi connectivity index (χ0v) is 18.1. The number of carbonyl (C=O) groups excluding carboxylic acids is 1. The normalized spacial score (nSPS) is 22.9. The molecule has 10 nitrogen and oxygen atoms in total. The number of fused-ring (bicyclic) bond motifs is 3. The van der Waals surface area contributed by atoms with Crippen LogP contribution in [0.5, 0.6) is 5.75 Å². The molecule has 2 N–H and O–H groups in total. The molecule has 3 atom stereocenters. The van der Waals surface area contributed by atoms with E-state index in [1.54, 1.807) is 6.92 Å². The third kappa shape index (κ3) is 3.90. The maximum absolute atomic E-state index is 12.7. The number of aliphatic hydroxyl groups is 1. The number of aromatic nitrogens is 2.